The fourth-order valence-corrected chi connectivity index (χ4v) is 3.90. The second-order valence-corrected chi connectivity index (χ2v) is 8.27. The van der Waals surface area contributed by atoms with E-state index >= 15 is 0 Å². The maximum Gasteiger partial charge on any atom is 0.260 e. The van der Waals surface area contributed by atoms with Gasteiger partial charge >= 0.3 is 0 Å². The predicted octanol–water partition coefficient (Wildman–Crippen LogP) is 4.25. The number of carbonyl (C=O) groups excluding carboxylic acids is 1. The molecular formula is C24H31FN2O2. The number of hydrogen-bond donors (Lipinski definition) is 0. The number of aryl methyl sites for hydroxylation is 2. The van der Waals surface area contributed by atoms with Crippen LogP contribution in [-0.4, -0.2) is 47.5 Å². The molecule has 0 bridgehead atoms. The molecule has 2 aromatic rings. The van der Waals surface area contributed by atoms with E-state index in [1.165, 1.54) is 28.8 Å². The highest BCUT2D eigenvalue weighted by atomic mass is 19.1. The summed E-state index contributed by atoms with van der Waals surface area (Å²) in [6.07, 6.45) is 0. The summed E-state index contributed by atoms with van der Waals surface area (Å²) in [7, 11) is 0. The second kappa shape index (κ2) is 8.95. The molecule has 1 aliphatic rings. The lowest BCUT2D eigenvalue weighted by molar-refractivity contribution is -0.139. The van der Waals surface area contributed by atoms with Crippen LogP contribution in [0.2, 0.25) is 0 Å². The first-order chi connectivity index (χ1) is 13.7. The van der Waals surface area contributed by atoms with Gasteiger partial charge in [-0.1, -0.05) is 12.1 Å². The summed E-state index contributed by atoms with van der Waals surface area (Å²) in [6.45, 7) is 12.7. The van der Waals surface area contributed by atoms with Crippen molar-refractivity contribution in [1.82, 2.24) is 9.80 Å². The minimum atomic E-state index is -0.218. The predicted molar refractivity (Wildman–Crippen MR) is 114 cm³/mol. The number of amides is 1. The van der Waals surface area contributed by atoms with Gasteiger partial charge in [-0.15, -0.1) is 0 Å². The molecule has 156 valence electrons. The lowest BCUT2D eigenvalue weighted by Gasteiger charge is -2.44. The molecule has 1 aliphatic heterocycles. The van der Waals surface area contributed by atoms with E-state index < -0.39 is 0 Å². The third-order valence-corrected chi connectivity index (χ3v) is 6.00. The van der Waals surface area contributed by atoms with E-state index in [1.807, 2.05) is 29.2 Å². The highest BCUT2D eigenvalue weighted by molar-refractivity contribution is 5.78. The van der Waals surface area contributed by atoms with Gasteiger partial charge in [0.25, 0.3) is 5.91 Å². The van der Waals surface area contributed by atoms with Crippen molar-refractivity contribution >= 4 is 5.91 Å². The number of nitrogens with zero attached hydrogens (tertiary/aromatic N) is 2. The van der Waals surface area contributed by atoms with E-state index in [0.29, 0.717) is 6.54 Å². The standard InChI is InChI=1S/C24H31FN2O2/c1-16-10-23(11-17(2)20(16)5)29-15-24(28)27-13-18(3)26(12-19(27)4)14-21-6-8-22(25)9-7-21/h6-11,18-19H,12-15H2,1-5H3/t18-,19+/m1/s1. The second-order valence-electron chi connectivity index (χ2n) is 8.27. The molecule has 1 fully saturated rings. The monoisotopic (exact) mass is 398 g/mol. The van der Waals surface area contributed by atoms with Crippen molar-refractivity contribution in [2.75, 3.05) is 19.7 Å². The Morgan fingerprint density at radius 2 is 1.66 bits per heavy atom. The Bertz CT molecular complexity index is 843. The van der Waals surface area contributed by atoms with Gasteiger partial charge in [0.05, 0.1) is 0 Å². The Morgan fingerprint density at radius 3 is 2.28 bits per heavy atom. The molecule has 4 nitrogen and oxygen atoms in total. The van der Waals surface area contributed by atoms with Gasteiger partial charge in [0.15, 0.2) is 6.61 Å². The molecule has 2 atom stereocenters. The summed E-state index contributed by atoms with van der Waals surface area (Å²) in [5, 5.41) is 0. The van der Waals surface area contributed by atoms with Crippen molar-refractivity contribution in [3.63, 3.8) is 0 Å². The molecule has 0 N–H and O–H groups in total. The van der Waals surface area contributed by atoms with Crippen LogP contribution in [0.1, 0.15) is 36.1 Å². The van der Waals surface area contributed by atoms with Crippen LogP contribution in [0.4, 0.5) is 4.39 Å². The molecule has 5 heteroatoms. The van der Waals surface area contributed by atoms with Crippen LogP contribution in [0.25, 0.3) is 0 Å². The fraction of sp³-hybridized carbons (Fsp3) is 0.458. The summed E-state index contributed by atoms with van der Waals surface area (Å²) in [4.78, 5) is 17.1. The van der Waals surface area contributed by atoms with Crippen LogP contribution < -0.4 is 4.74 Å². The molecule has 1 heterocycles. The number of benzene rings is 2. The molecular weight excluding hydrogens is 367 g/mol. The normalized spacial score (nSPS) is 20.0. The van der Waals surface area contributed by atoms with Crippen LogP contribution >= 0.6 is 0 Å². The van der Waals surface area contributed by atoms with Crippen molar-refractivity contribution in [2.24, 2.45) is 0 Å². The molecule has 1 saturated heterocycles. The molecule has 29 heavy (non-hydrogen) atoms. The lowest BCUT2D eigenvalue weighted by Crippen LogP contribution is -2.58. The zero-order valence-corrected chi connectivity index (χ0v) is 18.0. The number of piperazine rings is 1. The van der Waals surface area contributed by atoms with E-state index in [2.05, 4.69) is 39.5 Å². The van der Waals surface area contributed by atoms with Crippen molar-refractivity contribution in [3.8, 4) is 5.75 Å². The summed E-state index contributed by atoms with van der Waals surface area (Å²) in [6, 6.07) is 10.9. The van der Waals surface area contributed by atoms with Crippen molar-refractivity contribution < 1.29 is 13.9 Å². The zero-order valence-electron chi connectivity index (χ0n) is 18.0. The third-order valence-electron chi connectivity index (χ3n) is 6.00. The fourth-order valence-electron chi connectivity index (χ4n) is 3.90. The van der Waals surface area contributed by atoms with Crippen LogP contribution in [0.5, 0.6) is 5.75 Å². The average molecular weight is 399 g/mol. The van der Waals surface area contributed by atoms with Crippen molar-refractivity contribution in [3.05, 3.63) is 64.5 Å². The van der Waals surface area contributed by atoms with Crippen LogP contribution in [-0.2, 0) is 11.3 Å². The van der Waals surface area contributed by atoms with Gasteiger partial charge in [-0.2, -0.15) is 0 Å². The summed E-state index contributed by atoms with van der Waals surface area (Å²) < 4.78 is 18.9. The van der Waals surface area contributed by atoms with Crippen LogP contribution in [0.3, 0.4) is 0 Å². The molecule has 0 radical (unpaired) electrons. The molecule has 3 rings (SSSR count). The van der Waals surface area contributed by atoms with Gasteiger partial charge in [-0.05, 0) is 81.1 Å². The first-order valence-corrected chi connectivity index (χ1v) is 10.2. The Labute approximate surface area is 173 Å². The summed E-state index contributed by atoms with van der Waals surface area (Å²) in [5.41, 5.74) is 4.68. The largest absolute Gasteiger partial charge is 0.484 e. The Morgan fingerprint density at radius 1 is 1.03 bits per heavy atom. The van der Waals surface area contributed by atoms with Crippen molar-refractivity contribution in [2.45, 2.75) is 53.2 Å². The molecule has 0 aromatic heterocycles. The SMILES string of the molecule is Cc1cc(OCC(=O)N2C[C@@H](C)N(Cc3ccc(F)cc3)C[C@@H]2C)cc(C)c1C. The Hall–Kier alpha value is -2.40. The van der Waals surface area contributed by atoms with Crippen molar-refractivity contribution in [1.29, 1.82) is 0 Å². The van der Waals surface area contributed by atoms with E-state index in [4.69, 9.17) is 4.74 Å². The molecule has 0 unspecified atom stereocenters. The number of halogens is 1. The molecule has 1 amide bonds. The topological polar surface area (TPSA) is 32.8 Å². The molecule has 0 spiro atoms. The first kappa shape index (κ1) is 21.3. The highest BCUT2D eigenvalue weighted by Crippen LogP contribution is 2.22. The minimum absolute atomic E-state index is 0.0154. The van der Waals surface area contributed by atoms with Gasteiger partial charge in [0.1, 0.15) is 11.6 Å². The average Bonchev–Trinajstić information content (AvgIpc) is 2.68. The van der Waals surface area contributed by atoms with Gasteiger partial charge < -0.3 is 9.64 Å². The Balaban J connectivity index is 1.57. The minimum Gasteiger partial charge on any atom is -0.484 e. The van der Waals surface area contributed by atoms with Gasteiger partial charge in [-0.25, -0.2) is 4.39 Å². The van der Waals surface area contributed by atoms with Gasteiger partial charge in [0.2, 0.25) is 0 Å². The first-order valence-electron chi connectivity index (χ1n) is 10.2. The Kier molecular flexibility index (Phi) is 6.58. The highest BCUT2D eigenvalue weighted by Gasteiger charge is 2.32. The number of rotatable bonds is 5. The van der Waals surface area contributed by atoms with E-state index in [9.17, 15) is 9.18 Å². The lowest BCUT2D eigenvalue weighted by atomic mass is 10.0. The third kappa shape index (κ3) is 5.15. The number of hydrogen-bond acceptors (Lipinski definition) is 3. The summed E-state index contributed by atoms with van der Waals surface area (Å²) in [5.74, 6) is 0.542. The van der Waals surface area contributed by atoms with E-state index in [-0.39, 0.29) is 30.4 Å². The van der Waals surface area contributed by atoms with E-state index in [1.54, 1.807) is 0 Å². The quantitative estimate of drug-likeness (QED) is 0.755. The maximum absolute atomic E-state index is 13.1. The molecule has 0 saturated carbocycles. The molecule has 2 aromatic carbocycles. The molecule has 0 aliphatic carbocycles. The smallest absolute Gasteiger partial charge is 0.260 e. The zero-order chi connectivity index (χ0) is 21.1. The van der Waals surface area contributed by atoms with E-state index in [0.717, 1.165) is 24.4 Å². The number of carbonyl (C=O) groups is 1. The summed E-state index contributed by atoms with van der Waals surface area (Å²) >= 11 is 0. The van der Waals surface area contributed by atoms with Crippen LogP contribution in [0, 0.1) is 26.6 Å². The maximum atomic E-state index is 13.1. The van der Waals surface area contributed by atoms with Gasteiger partial charge in [-0.3, -0.25) is 9.69 Å². The van der Waals surface area contributed by atoms with Crippen LogP contribution in [0.15, 0.2) is 36.4 Å². The van der Waals surface area contributed by atoms with Gasteiger partial charge in [0, 0.05) is 31.7 Å². The number of ether oxygens (including phenoxy) is 1.